The predicted molar refractivity (Wildman–Crippen MR) is 81.6 cm³/mol. The smallest absolute Gasteiger partial charge is 0.250 e. The average Bonchev–Trinajstić information content (AvgIpc) is 3.03. The number of oxazole rings is 1. The minimum Gasteiger partial charge on any atom is -0.445 e. The van der Waals surface area contributed by atoms with Crippen LogP contribution >= 0.6 is 11.3 Å². The fourth-order valence-electron chi connectivity index (χ4n) is 1.61. The maximum absolute atomic E-state index is 12.2. The lowest BCUT2D eigenvalue weighted by atomic mass is 10.4. The lowest BCUT2D eigenvalue weighted by molar-refractivity contribution is 0.463. The van der Waals surface area contributed by atoms with Gasteiger partial charge in [-0.15, -0.1) is 11.3 Å². The molecular formula is C13H19N3O3S2. The van der Waals surface area contributed by atoms with E-state index in [1.807, 2.05) is 19.9 Å². The van der Waals surface area contributed by atoms with Gasteiger partial charge in [0.15, 0.2) is 0 Å². The van der Waals surface area contributed by atoms with E-state index in [-0.39, 0.29) is 6.54 Å². The summed E-state index contributed by atoms with van der Waals surface area (Å²) in [5.74, 6) is 1.01. The molecule has 0 amide bonds. The zero-order valence-corrected chi connectivity index (χ0v) is 13.8. The second-order valence-corrected chi connectivity index (χ2v) is 8.11. The van der Waals surface area contributed by atoms with Gasteiger partial charge in [-0.25, -0.2) is 18.1 Å². The zero-order chi connectivity index (χ0) is 15.5. The van der Waals surface area contributed by atoms with Crippen LogP contribution in [0.4, 0.5) is 0 Å². The number of nitrogens with one attached hydrogen (secondary N) is 2. The molecule has 0 aliphatic rings. The van der Waals surface area contributed by atoms with Crippen molar-refractivity contribution in [3.63, 3.8) is 0 Å². The van der Waals surface area contributed by atoms with Gasteiger partial charge < -0.3 is 9.73 Å². The van der Waals surface area contributed by atoms with E-state index in [1.54, 1.807) is 19.2 Å². The lowest BCUT2D eigenvalue weighted by Crippen LogP contribution is -2.22. The summed E-state index contributed by atoms with van der Waals surface area (Å²) in [6, 6.07) is 3.80. The third kappa shape index (κ3) is 4.63. The second kappa shape index (κ2) is 6.69. The highest BCUT2D eigenvalue weighted by Gasteiger charge is 2.17. The van der Waals surface area contributed by atoms with Crippen LogP contribution in [0.1, 0.15) is 30.4 Å². The summed E-state index contributed by atoms with van der Waals surface area (Å²) in [7, 11) is -3.53. The zero-order valence-electron chi connectivity index (χ0n) is 12.2. The van der Waals surface area contributed by atoms with Gasteiger partial charge in [0.2, 0.25) is 5.89 Å². The van der Waals surface area contributed by atoms with Crippen LogP contribution in [0.15, 0.2) is 27.0 Å². The maximum Gasteiger partial charge on any atom is 0.250 e. The van der Waals surface area contributed by atoms with Crippen LogP contribution in [0.2, 0.25) is 0 Å². The number of thiophene rings is 1. The first-order valence-corrected chi connectivity index (χ1v) is 8.90. The summed E-state index contributed by atoms with van der Waals surface area (Å²) in [4.78, 5) is 4.95. The molecule has 2 heterocycles. The van der Waals surface area contributed by atoms with E-state index in [0.717, 1.165) is 4.88 Å². The van der Waals surface area contributed by atoms with Crippen molar-refractivity contribution < 1.29 is 12.8 Å². The molecule has 0 bridgehead atoms. The van der Waals surface area contributed by atoms with Crippen molar-refractivity contribution in [1.82, 2.24) is 15.0 Å². The summed E-state index contributed by atoms with van der Waals surface area (Å²) in [5.41, 5.74) is 0. The molecule has 0 radical (unpaired) electrons. The molecule has 0 fully saturated rings. The van der Waals surface area contributed by atoms with Crippen LogP contribution in [0.3, 0.4) is 0 Å². The minimum absolute atomic E-state index is 0.0493. The molecule has 0 spiro atoms. The van der Waals surface area contributed by atoms with Crippen molar-refractivity contribution in [3.05, 3.63) is 34.9 Å². The Morgan fingerprint density at radius 3 is 2.71 bits per heavy atom. The fraction of sp³-hybridized carbons (Fsp3) is 0.462. The minimum atomic E-state index is -3.53. The number of nitrogens with zero attached hydrogens (tertiary/aromatic N) is 1. The Labute approximate surface area is 128 Å². The molecule has 2 aromatic rings. The van der Waals surface area contributed by atoms with Crippen molar-refractivity contribution in [3.8, 4) is 0 Å². The summed E-state index contributed by atoms with van der Waals surface area (Å²) >= 11 is 1.26. The Morgan fingerprint density at radius 1 is 1.33 bits per heavy atom. The molecule has 0 aliphatic carbocycles. The van der Waals surface area contributed by atoms with E-state index in [9.17, 15) is 8.42 Å². The SMILES string of the molecule is Cc1cnc(CNS(=O)(=O)c2ccc(CNC(C)C)s2)o1. The van der Waals surface area contributed by atoms with Crippen LogP contribution in [0, 0.1) is 6.92 Å². The van der Waals surface area contributed by atoms with Gasteiger partial charge in [-0.05, 0) is 19.1 Å². The highest BCUT2D eigenvalue weighted by atomic mass is 32.2. The maximum atomic E-state index is 12.2. The van der Waals surface area contributed by atoms with E-state index in [4.69, 9.17) is 4.42 Å². The van der Waals surface area contributed by atoms with E-state index in [1.165, 1.54) is 11.3 Å². The molecule has 0 saturated carbocycles. The largest absolute Gasteiger partial charge is 0.445 e. The molecule has 8 heteroatoms. The Balaban J connectivity index is 1.99. The number of sulfonamides is 1. The molecule has 2 aromatic heterocycles. The quantitative estimate of drug-likeness (QED) is 0.812. The van der Waals surface area contributed by atoms with Crippen LogP contribution in [0.5, 0.6) is 0 Å². The first-order valence-electron chi connectivity index (χ1n) is 6.60. The molecule has 6 nitrogen and oxygen atoms in total. The number of hydrogen-bond donors (Lipinski definition) is 2. The standard InChI is InChI=1S/C13H19N3O3S2/c1-9(2)14-7-11-4-5-13(20-11)21(17,18)16-8-12-15-6-10(3)19-12/h4-6,9,14,16H,7-8H2,1-3H3. The van der Waals surface area contributed by atoms with Gasteiger partial charge in [0.1, 0.15) is 9.97 Å². The van der Waals surface area contributed by atoms with Crippen LogP contribution in [-0.4, -0.2) is 19.4 Å². The van der Waals surface area contributed by atoms with Crippen LogP contribution < -0.4 is 10.0 Å². The van der Waals surface area contributed by atoms with Gasteiger partial charge in [-0.3, -0.25) is 0 Å². The summed E-state index contributed by atoms with van der Waals surface area (Å²) in [6.45, 7) is 6.57. The van der Waals surface area contributed by atoms with E-state index in [2.05, 4.69) is 15.0 Å². The molecule has 0 unspecified atom stereocenters. The lowest BCUT2D eigenvalue weighted by Gasteiger charge is -2.05. The summed E-state index contributed by atoms with van der Waals surface area (Å²) in [5, 5.41) is 3.26. The van der Waals surface area contributed by atoms with Gasteiger partial charge >= 0.3 is 0 Å². The molecule has 21 heavy (non-hydrogen) atoms. The van der Waals surface area contributed by atoms with Gasteiger partial charge in [0.05, 0.1) is 12.7 Å². The van der Waals surface area contributed by atoms with Crippen molar-refractivity contribution in [2.75, 3.05) is 0 Å². The third-order valence-corrected chi connectivity index (χ3v) is 5.65. The van der Waals surface area contributed by atoms with E-state index in [0.29, 0.717) is 28.4 Å². The van der Waals surface area contributed by atoms with Gasteiger partial charge in [0.25, 0.3) is 10.0 Å². The van der Waals surface area contributed by atoms with Crippen LogP contribution in [-0.2, 0) is 23.1 Å². The second-order valence-electron chi connectivity index (χ2n) is 4.95. The summed E-state index contributed by atoms with van der Waals surface area (Å²) < 4.78 is 32.4. The highest BCUT2D eigenvalue weighted by molar-refractivity contribution is 7.91. The molecule has 0 saturated heterocycles. The molecule has 0 aliphatic heterocycles. The predicted octanol–water partition coefficient (Wildman–Crippen LogP) is 2.02. The van der Waals surface area contributed by atoms with E-state index >= 15 is 0 Å². The molecule has 0 aromatic carbocycles. The summed E-state index contributed by atoms with van der Waals surface area (Å²) in [6.07, 6.45) is 1.56. The van der Waals surface area contributed by atoms with Crippen molar-refractivity contribution >= 4 is 21.4 Å². The molecule has 0 atom stereocenters. The van der Waals surface area contributed by atoms with E-state index < -0.39 is 10.0 Å². The number of aryl methyl sites for hydroxylation is 1. The molecule has 2 N–H and O–H groups in total. The Kier molecular flexibility index (Phi) is 5.15. The monoisotopic (exact) mass is 329 g/mol. The Hall–Kier alpha value is -1.22. The Morgan fingerprint density at radius 2 is 2.10 bits per heavy atom. The van der Waals surface area contributed by atoms with Gasteiger partial charge in [-0.1, -0.05) is 13.8 Å². The third-order valence-electron chi connectivity index (χ3n) is 2.67. The Bertz CT molecular complexity index is 689. The number of rotatable bonds is 7. The molecule has 116 valence electrons. The van der Waals surface area contributed by atoms with Crippen molar-refractivity contribution in [1.29, 1.82) is 0 Å². The topological polar surface area (TPSA) is 84.2 Å². The number of aromatic nitrogens is 1. The van der Waals surface area contributed by atoms with Crippen molar-refractivity contribution in [2.45, 2.75) is 44.1 Å². The molecule has 2 rings (SSSR count). The fourth-order valence-corrected chi connectivity index (χ4v) is 3.94. The van der Waals surface area contributed by atoms with Crippen LogP contribution in [0.25, 0.3) is 0 Å². The first-order chi connectivity index (χ1) is 9.87. The normalized spacial score (nSPS) is 12.2. The first kappa shape index (κ1) is 16.2. The number of hydrogen-bond acceptors (Lipinski definition) is 6. The van der Waals surface area contributed by atoms with Gasteiger partial charge in [-0.2, -0.15) is 0 Å². The average molecular weight is 329 g/mol. The van der Waals surface area contributed by atoms with Gasteiger partial charge in [0, 0.05) is 17.5 Å². The molecular weight excluding hydrogens is 310 g/mol. The van der Waals surface area contributed by atoms with Crippen molar-refractivity contribution in [2.24, 2.45) is 0 Å². The highest BCUT2D eigenvalue weighted by Crippen LogP contribution is 2.21.